The normalized spacial score (nSPS) is 14.6. The van der Waals surface area contributed by atoms with Crippen molar-refractivity contribution < 1.29 is 4.74 Å². The molecule has 2 heterocycles. The van der Waals surface area contributed by atoms with Crippen molar-refractivity contribution in [1.29, 1.82) is 0 Å². The van der Waals surface area contributed by atoms with Gasteiger partial charge in [-0.2, -0.15) is 4.98 Å². The second kappa shape index (κ2) is 8.67. The van der Waals surface area contributed by atoms with E-state index in [0.717, 1.165) is 44.4 Å². The van der Waals surface area contributed by atoms with Crippen molar-refractivity contribution in [3.63, 3.8) is 0 Å². The Morgan fingerprint density at radius 1 is 1.16 bits per heavy atom. The summed E-state index contributed by atoms with van der Waals surface area (Å²) in [5.74, 6) is 3.09. The van der Waals surface area contributed by atoms with Gasteiger partial charge in [-0.1, -0.05) is 26.0 Å². The highest BCUT2D eigenvalue weighted by Crippen LogP contribution is 2.16. The molecule has 2 N–H and O–H groups in total. The van der Waals surface area contributed by atoms with Gasteiger partial charge in [0.2, 0.25) is 5.95 Å². The minimum Gasteiger partial charge on any atom is -0.493 e. The number of nitrogens with zero attached hydrogens (tertiary/aromatic N) is 3. The predicted octanol–water partition coefficient (Wildman–Crippen LogP) is 2.53. The molecule has 1 saturated heterocycles. The molecule has 0 amide bonds. The van der Waals surface area contributed by atoms with Crippen LogP contribution >= 0.6 is 0 Å². The first-order valence-electron chi connectivity index (χ1n) is 8.95. The summed E-state index contributed by atoms with van der Waals surface area (Å²) in [6, 6.07) is 10.1. The highest BCUT2D eigenvalue weighted by molar-refractivity contribution is 5.43. The van der Waals surface area contributed by atoms with E-state index in [9.17, 15) is 0 Å². The van der Waals surface area contributed by atoms with E-state index in [1.807, 2.05) is 24.4 Å². The lowest BCUT2D eigenvalue weighted by Gasteiger charge is -2.28. The molecule has 1 aromatic carbocycles. The Hall–Kier alpha value is -2.34. The molecule has 134 valence electrons. The Labute approximate surface area is 149 Å². The first-order chi connectivity index (χ1) is 12.2. The molecule has 1 fully saturated rings. The molecule has 1 aromatic heterocycles. The summed E-state index contributed by atoms with van der Waals surface area (Å²) in [6.45, 7) is 9.68. The number of aromatic nitrogens is 2. The third-order valence-corrected chi connectivity index (χ3v) is 4.04. The van der Waals surface area contributed by atoms with Crippen molar-refractivity contribution in [2.45, 2.75) is 20.4 Å². The SMILES string of the molecule is CC(C)COc1ccc(CNc2nccc(N3CCNCC3)n2)cc1. The lowest BCUT2D eigenvalue weighted by Crippen LogP contribution is -2.43. The average molecular weight is 341 g/mol. The van der Waals surface area contributed by atoms with Gasteiger partial charge in [-0.3, -0.25) is 0 Å². The largest absolute Gasteiger partial charge is 0.493 e. The number of nitrogens with one attached hydrogen (secondary N) is 2. The first kappa shape index (κ1) is 17.5. The second-order valence-corrected chi connectivity index (χ2v) is 6.68. The summed E-state index contributed by atoms with van der Waals surface area (Å²) >= 11 is 0. The third-order valence-electron chi connectivity index (χ3n) is 4.04. The van der Waals surface area contributed by atoms with E-state index in [1.165, 1.54) is 5.56 Å². The molecule has 0 spiro atoms. The van der Waals surface area contributed by atoms with Gasteiger partial charge in [0, 0.05) is 38.9 Å². The molecular formula is C19H27N5O. The van der Waals surface area contributed by atoms with Gasteiger partial charge in [-0.05, 0) is 29.7 Å². The highest BCUT2D eigenvalue weighted by atomic mass is 16.5. The molecule has 0 saturated carbocycles. The zero-order valence-electron chi connectivity index (χ0n) is 15.0. The number of hydrogen-bond acceptors (Lipinski definition) is 6. The molecule has 0 unspecified atom stereocenters. The molecule has 3 rings (SSSR count). The standard InChI is InChI=1S/C19H27N5O/c1-15(2)14-25-17-5-3-16(4-6-17)13-22-19-21-8-7-18(23-19)24-11-9-20-10-12-24/h3-8,15,20H,9-14H2,1-2H3,(H,21,22,23). The van der Waals surface area contributed by atoms with E-state index in [4.69, 9.17) is 4.74 Å². The van der Waals surface area contributed by atoms with E-state index in [2.05, 4.69) is 51.5 Å². The van der Waals surface area contributed by atoms with Gasteiger partial charge in [0.25, 0.3) is 0 Å². The Balaban J connectivity index is 1.54. The van der Waals surface area contributed by atoms with Gasteiger partial charge in [-0.25, -0.2) is 4.98 Å². The van der Waals surface area contributed by atoms with E-state index >= 15 is 0 Å². The number of anilines is 2. The topological polar surface area (TPSA) is 62.3 Å². The van der Waals surface area contributed by atoms with E-state index < -0.39 is 0 Å². The van der Waals surface area contributed by atoms with Gasteiger partial charge in [0.05, 0.1) is 6.61 Å². The number of hydrogen-bond donors (Lipinski definition) is 2. The summed E-state index contributed by atoms with van der Waals surface area (Å²) in [4.78, 5) is 11.2. The van der Waals surface area contributed by atoms with Crippen LogP contribution in [0.3, 0.4) is 0 Å². The molecular weight excluding hydrogens is 314 g/mol. The van der Waals surface area contributed by atoms with Crippen molar-refractivity contribution in [3.05, 3.63) is 42.1 Å². The molecule has 0 atom stereocenters. The lowest BCUT2D eigenvalue weighted by atomic mass is 10.2. The molecule has 1 aliphatic heterocycles. The monoisotopic (exact) mass is 341 g/mol. The summed E-state index contributed by atoms with van der Waals surface area (Å²) in [5.41, 5.74) is 1.17. The van der Waals surface area contributed by atoms with Crippen LogP contribution in [-0.4, -0.2) is 42.8 Å². The van der Waals surface area contributed by atoms with Crippen LogP contribution in [0.1, 0.15) is 19.4 Å². The maximum atomic E-state index is 5.71. The lowest BCUT2D eigenvalue weighted by molar-refractivity contribution is 0.271. The Kier molecular flexibility index (Phi) is 6.06. The van der Waals surface area contributed by atoms with Crippen molar-refractivity contribution >= 4 is 11.8 Å². The van der Waals surface area contributed by atoms with Gasteiger partial charge >= 0.3 is 0 Å². The number of benzene rings is 1. The van der Waals surface area contributed by atoms with Crippen LogP contribution in [0.5, 0.6) is 5.75 Å². The molecule has 2 aromatic rings. The fraction of sp³-hybridized carbons (Fsp3) is 0.474. The van der Waals surface area contributed by atoms with Crippen LogP contribution in [0.15, 0.2) is 36.5 Å². The summed E-state index contributed by atoms with van der Waals surface area (Å²) in [5, 5.41) is 6.66. The fourth-order valence-electron chi connectivity index (χ4n) is 2.65. The summed E-state index contributed by atoms with van der Waals surface area (Å²) < 4.78 is 5.71. The quantitative estimate of drug-likeness (QED) is 0.807. The number of ether oxygens (including phenoxy) is 1. The minimum atomic E-state index is 0.529. The molecule has 6 heteroatoms. The van der Waals surface area contributed by atoms with Crippen LogP contribution in [0.4, 0.5) is 11.8 Å². The molecule has 6 nitrogen and oxygen atoms in total. The number of piperazine rings is 1. The van der Waals surface area contributed by atoms with Crippen LogP contribution in [0.2, 0.25) is 0 Å². The maximum absolute atomic E-state index is 5.71. The number of rotatable bonds is 7. The zero-order chi connectivity index (χ0) is 17.5. The Bertz CT molecular complexity index is 653. The zero-order valence-corrected chi connectivity index (χ0v) is 15.0. The molecule has 0 bridgehead atoms. The van der Waals surface area contributed by atoms with Crippen LogP contribution < -0.4 is 20.3 Å². The van der Waals surface area contributed by atoms with E-state index in [0.29, 0.717) is 18.4 Å². The summed E-state index contributed by atoms with van der Waals surface area (Å²) in [6.07, 6.45) is 1.82. The van der Waals surface area contributed by atoms with E-state index in [1.54, 1.807) is 0 Å². The van der Waals surface area contributed by atoms with Gasteiger partial charge in [-0.15, -0.1) is 0 Å². The second-order valence-electron chi connectivity index (χ2n) is 6.68. The molecule has 0 aliphatic carbocycles. The third kappa shape index (κ3) is 5.32. The molecule has 0 radical (unpaired) electrons. The average Bonchev–Trinajstić information content (AvgIpc) is 2.66. The van der Waals surface area contributed by atoms with Crippen molar-refractivity contribution in [1.82, 2.24) is 15.3 Å². The minimum absolute atomic E-state index is 0.529. The van der Waals surface area contributed by atoms with Crippen molar-refractivity contribution in [2.75, 3.05) is 43.0 Å². The predicted molar refractivity (Wildman–Crippen MR) is 101 cm³/mol. The van der Waals surface area contributed by atoms with Gasteiger partial charge < -0.3 is 20.3 Å². The van der Waals surface area contributed by atoms with Crippen molar-refractivity contribution in [3.8, 4) is 5.75 Å². The maximum Gasteiger partial charge on any atom is 0.224 e. The van der Waals surface area contributed by atoms with Crippen LogP contribution in [0.25, 0.3) is 0 Å². The highest BCUT2D eigenvalue weighted by Gasteiger charge is 2.12. The smallest absolute Gasteiger partial charge is 0.224 e. The fourth-order valence-corrected chi connectivity index (χ4v) is 2.65. The van der Waals surface area contributed by atoms with Crippen LogP contribution in [-0.2, 0) is 6.54 Å². The van der Waals surface area contributed by atoms with Gasteiger partial charge in [0.1, 0.15) is 11.6 Å². The van der Waals surface area contributed by atoms with Crippen molar-refractivity contribution in [2.24, 2.45) is 5.92 Å². The molecule has 25 heavy (non-hydrogen) atoms. The Morgan fingerprint density at radius 3 is 2.64 bits per heavy atom. The van der Waals surface area contributed by atoms with E-state index in [-0.39, 0.29) is 0 Å². The van der Waals surface area contributed by atoms with Gasteiger partial charge in [0.15, 0.2) is 0 Å². The Morgan fingerprint density at radius 2 is 1.92 bits per heavy atom. The summed E-state index contributed by atoms with van der Waals surface area (Å²) in [7, 11) is 0. The first-order valence-corrected chi connectivity index (χ1v) is 8.95. The van der Waals surface area contributed by atoms with Crippen LogP contribution in [0, 0.1) is 5.92 Å². The molecule has 1 aliphatic rings.